The number of rotatable bonds is 1. The molecule has 0 N–H and O–H groups in total. The predicted octanol–water partition coefficient (Wildman–Crippen LogP) is 2.43. The van der Waals surface area contributed by atoms with E-state index in [1.807, 2.05) is 6.07 Å². The Morgan fingerprint density at radius 1 is 1.17 bits per heavy atom. The van der Waals surface area contributed by atoms with Crippen molar-refractivity contribution in [1.82, 2.24) is 5.32 Å². The van der Waals surface area contributed by atoms with Crippen LogP contribution in [0.15, 0.2) is 36.0 Å². The molecule has 1 aliphatic rings. The lowest BCUT2D eigenvalue weighted by Gasteiger charge is -1.95. The Balaban J connectivity index is 2.16. The van der Waals surface area contributed by atoms with Gasteiger partial charge in [0.1, 0.15) is 0 Å². The molecule has 0 bridgehead atoms. The summed E-state index contributed by atoms with van der Waals surface area (Å²) >= 11 is 0. The maximum atomic E-state index is 4.39. The summed E-state index contributed by atoms with van der Waals surface area (Å²) in [5.41, 5.74) is 2.51. The maximum absolute atomic E-state index is 4.39. The van der Waals surface area contributed by atoms with E-state index in [0.717, 1.165) is 13.0 Å². The highest BCUT2D eigenvalue weighted by atomic mass is 14.9. The molecule has 0 saturated carbocycles. The Morgan fingerprint density at radius 3 is 2.67 bits per heavy atom. The van der Waals surface area contributed by atoms with Crippen molar-refractivity contribution >= 4 is 6.08 Å². The molecule has 0 unspecified atom stereocenters. The van der Waals surface area contributed by atoms with Crippen molar-refractivity contribution in [3.8, 4) is 0 Å². The smallest absolute Gasteiger partial charge is 0.0396 e. The van der Waals surface area contributed by atoms with Crippen molar-refractivity contribution in [2.45, 2.75) is 12.8 Å². The average Bonchev–Trinajstić information content (AvgIpc) is 2.59. The van der Waals surface area contributed by atoms with Crippen molar-refractivity contribution in [2.75, 3.05) is 6.54 Å². The van der Waals surface area contributed by atoms with Crippen LogP contribution in [-0.2, 0) is 0 Å². The van der Waals surface area contributed by atoms with Gasteiger partial charge in [0.2, 0.25) is 0 Å². The van der Waals surface area contributed by atoms with Gasteiger partial charge in [-0.2, -0.15) is 0 Å². The third kappa shape index (κ3) is 1.67. The molecular weight excluding hydrogens is 146 g/mol. The number of hydrogen-bond donors (Lipinski definition) is 0. The molecule has 12 heavy (non-hydrogen) atoms. The molecule has 61 valence electrons. The molecule has 1 saturated heterocycles. The molecule has 1 fully saturated rings. The SMILES string of the molecule is C(=C1CCC[N]1)c1ccccc1. The van der Waals surface area contributed by atoms with Crippen LogP contribution >= 0.6 is 0 Å². The summed E-state index contributed by atoms with van der Waals surface area (Å²) in [6, 6.07) is 10.4. The molecule has 1 aliphatic heterocycles. The van der Waals surface area contributed by atoms with Crippen LogP contribution < -0.4 is 5.32 Å². The average molecular weight is 158 g/mol. The molecule has 1 radical (unpaired) electrons. The van der Waals surface area contributed by atoms with Crippen LogP contribution in [0.25, 0.3) is 6.08 Å². The molecule has 0 spiro atoms. The third-order valence-electron chi connectivity index (χ3n) is 2.04. The van der Waals surface area contributed by atoms with E-state index in [4.69, 9.17) is 0 Å². The molecule has 2 rings (SSSR count). The van der Waals surface area contributed by atoms with Gasteiger partial charge >= 0.3 is 0 Å². The summed E-state index contributed by atoms with van der Waals surface area (Å²) in [4.78, 5) is 0. The minimum atomic E-state index is 1.01. The summed E-state index contributed by atoms with van der Waals surface area (Å²) in [6.45, 7) is 1.01. The summed E-state index contributed by atoms with van der Waals surface area (Å²) in [6.07, 6.45) is 4.54. The zero-order valence-corrected chi connectivity index (χ0v) is 7.03. The lowest BCUT2D eigenvalue weighted by Crippen LogP contribution is -1.92. The van der Waals surface area contributed by atoms with E-state index in [0.29, 0.717) is 0 Å². The quantitative estimate of drug-likeness (QED) is 0.596. The van der Waals surface area contributed by atoms with Gasteiger partial charge in [0, 0.05) is 12.2 Å². The minimum absolute atomic E-state index is 1.01. The van der Waals surface area contributed by atoms with Crippen LogP contribution in [-0.4, -0.2) is 6.54 Å². The lowest BCUT2D eigenvalue weighted by atomic mass is 10.2. The fraction of sp³-hybridized carbons (Fsp3) is 0.273. The van der Waals surface area contributed by atoms with Gasteiger partial charge in [0.15, 0.2) is 0 Å². The number of benzene rings is 1. The summed E-state index contributed by atoms with van der Waals surface area (Å²) in [5, 5.41) is 4.39. The molecule has 0 aromatic heterocycles. The zero-order chi connectivity index (χ0) is 8.23. The number of hydrogen-bond acceptors (Lipinski definition) is 0. The van der Waals surface area contributed by atoms with Gasteiger partial charge in [-0.1, -0.05) is 30.3 Å². The van der Waals surface area contributed by atoms with Gasteiger partial charge in [-0.05, 0) is 24.5 Å². The number of allylic oxidation sites excluding steroid dienone is 1. The summed E-state index contributed by atoms with van der Waals surface area (Å²) < 4.78 is 0. The second kappa shape index (κ2) is 3.44. The Kier molecular flexibility index (Phi) is 2.12. The highest BCUT2D eigenvalue weighted by Crippen LogP contribution is 2.14. The molecule has 0 amide bonds. The standard InChI is InChI=1S/C11H12N/c1-2-5-10(6-3-1)9-11-7-4-8-12-11/h1-3,5-6,9H,4,7-8H2. The first-order chi connectivity index (χ1) is 5.95. The third-order valence-corrected chi connectivity index (χ3v) is 2.04. The van der Waals surface area contributed by atoms with E-state index < -0.39 is 0 Å². The normalized spacial score (nSPS) is 19.5. The largest absolute Gasteiger partial charge is 0.290 e. The minimum Gasteiger partial charge on any atom is -0.290 e. The molecule has 1 heteroatoms. The van der Waals surface area contributed by atoms with Crippen molar-refractivity contribution in [2.24, 2.45) is 0 Å². The van der Waals surface area contributed by atoms with Crippen LogP contribution in [0.3, 0.4) is 0 Å². The van der Waals surface area contributed by atoms with Gasteiger partial charge in [-0.3, -0.25) is 5.32 Å². The molecule has 1 heterocycles. The monoisotopic (exact) mass is 158 g/mol. The Hall–Kier alpha value is -1.24. The Bertz CT molecular complexity index is 266. The van der Waals surface area contributed by atoms with Gasteiger partial charge < -0.3 is 0 Å². The van der Waals surface area contributed by atoms with Crippen molar-refractivity contribution in [1.29, 1.82) is 0 Å². The van der Waals surface area contributed by atoms with E-state index >= 15 is 0 Å². The first-order valence-corrected chi connectivity index (χ1v) is 4.38. The zero-order valence-electron chi connectivity index (χ0n) is 7.03. The fourth-order valence-corrected chi connectivity index (χ4v) is 1.42. The molecule has 1 aromatic rings. The van der Waals surface area contributed by atoms with Gasteiger partial charge in [-0.25, -0.2) is 0 Å². The van der Waals surface area contributed by atoms with E-state index in [2.05, 4.69) is 35.7 Å². The Morgan fingerprint density at radius 2 is 2.00 bits per heavy atom. The molecule has 0 aliphatic carbocycles. The van der Waals surface area contributed by atoms with Crippen LogP contribution in [0.1, 0.15) is 18.4 Å². The highest BCUT2D eigenvalue weighted by Gasteiger charge is 2.05. The topological polar surface area (TPSA) is 14.1 Å². The van der Waals surface area contributed by atoms with Gasteiger partial charge in [0.05, 0.1) is 0 Å². The van der Waals surface area contributed by atoms with E-state index in [9.17, 15) is 0 Å². The van der Waals surface area contributed by atoms with Crippen molar-refractivity contribution in [3.63, 3.8) is 0 Å². The second-order valence-corrected chi connectivity index (χ2v) is 3.03. The molecule has 1 aromatic carbocycles. The first-order valence-electron chi connectivity index (χ1n) is 4.38. The van der Waals surface area contributed by atoms with Crippen molar-refractivity contribution < 1.29 is 0 Å². The predicted molar refractivity (Wildman–Crippen MR) is 50.7 cm³/mol. The van der Waals surface area contributed by atoms with Crippen LogP contribution in [0, 0.1) is 0 Å². The summed E-state index contributed by atoms with van der Waals surface area (Å²) in [5.74, 6) is 0. The van der Waals surface area contributed by atoms with Gasteiger partial charge in [0.25, 0.3) is 0 Å². The van der Waals surface area contributed by atoms with Crippen LogP contribution in [0.4, 0.5) is 0 Å². The lowest BCUT2D eigenvalue weighted by molar-refractivity contribution is 0.891. The second-order valence-electron chi connectivity index (χ2n) is 3.03. The van der Waals surface area contributed by atoms with Crippen LogP contribution in [0.5, 0.6) is 0 Å². The van der Waals surface area contributed by atoms with Crippen molar-refractivity contribution in [3.05, 3.63) is 41.6 Å². The maximum Gasteiger partial charge on any atom is 0.0396 e. The highest BCUT2D eigenvalue weighted by molar-refractivity contribution is 5.52. The Labute approximate surface area is 73.1 Å². The number of nitrogens with zero attached hydrogens (tertiary/aromatic N) is 1. The van der Waals surface area contributed by atoms with E-state index in [1.54, 1.807) is 0 Å². The molecular formula is C11H12N. The molecule has 1 nitrogen and oxygen atoms in total. The first kappa shape index (κ1) is 7.41. The fourth-order valence-electron chi connectivity index (χ4n) is 1.42. The van der Waals surface area contributed by atoms with Gasteiger partial charge in [-0.15, -0.1) is 0 Å². The van der Waals surface area contributed by atoms with E-state index in [1.165, 1.54) is 17.7 Å². The summed E-state index contributed by atoms with van der Waals surface area (Å²) in [7, 11) is 0. The van der Waals surface area contributed by atoms with Crippen LogP contribution in [0.2, 0.25) is 0 Å². The molecule has 0 atom stereocenters. The van der Waals surface area contributed by atoms with E-state index in [-0.39, 0.29) is 0 Å².